The van der Waals surface area contributed by atoms with E-state index in [-0.39, 0.29) is 47.8 Å². The molecule has 0 saturated carbocycles. The number of amides is 2. The highest BCUT2D eigenvalue weighted by molar-refractivity contribution is 7.91. The number of hydrogen-bond donors (Lipinski definition) is 1. The summed E-state index contributed by atoms with van der Waals surface area (Å²) >= 11 is 0. The van der Waals surface area contributed by atoms with Crippen LogP contribution in [-0.4, -0.2) is 64.3 Å². The zero-order chi connectivity index (χ0) is 22.0. The minimum atomic E-state index is -3.09. The number of carbonyl (C=O) groups excluding carboxylic acids is 2. The van der Waals surface area contributed by atoms with Crippen LogP contribution in [0.2, 0.25) is 0 Å². The Kier molecular flexibility index (Phi) is 5.55. The molecule has 9 nitrogen and oxygen atoms in total. The van der Waals surface area contributed by atoms with Gasteiger partial charge in [0, 0.05) is 31.9 Å². The van der Waals surface area contributed by atoms with Crippen LogP contribution >= 0.6 is 0 Å². The molecule has 4 rings (SSSR count). The van der Waals surface area contributed by atoms with Crippen molar-refractivity contribution in [3.05, 3.63) is 66.2 Å². The number of sulfone groups is 1. The van der Waals surface area contributed by atoms with Crippen LogP contribution in [0.5, 0.6) is 0 Å². The minimum absolute atomic E-state index is 0.0593. The molecule has 3 heterocycles. The molecular weight excluding hydrogens is 418 g/mol. The molecule has 0 radical (unpaired) electrons. The van der Waals surface area contributed by atoms with Gasteiger partial charge in [-0.25, -0.2) is 18.4 Å². The fourth-order valence-electron chi connectivity index (χ4n) is 3.29. The summed E-state index contributed by atoms with van der Waals surface area (Å²) in [6, 6.07) is 14.7. The maximum absolute atomic E-state index is 12.7. The summed E-state index contributed by atoms with van der Waals surface area (Å²) in [6.07, 6.45) is 1.53. The molecule has 1 N–H and O–H groups in total. The summed E-state index contributed by atoms with van der Waals surface area (Å²) in [5.74, 6) is -0.596. The highest BCUT2D eigenvalue weighted by atomic mass is 32.2. The van der Waals surface area contributed by atoms with Crippen LogP contribution in [0, 0.1) is 0 Å². The first-order chi connectivity index (χ1) is 14.8. The average Bonchev–Trinajstić information content (AvgIpc) is 3.14. The van der Waals surface area contributed by atoms with Gasteiger partial charge in [0.15, 0.2) is 15.7 Å². The topological polar surface area (TPSA) is 114 Å². The van der Waals surface area contributed by atoms with Crippen molar-refractivity contribution in [3.63, 3.8) is 0 Å². The quantitative estimate of drug-likeness (QED) is 0.661. The second kappa shape index (κ2) is 8.31. The first kappa shape index (κ1) is 20.7. The van der Waals surface area contributed by atoms with E-state index in [9.17, 15) is 18.0 Å². The second-order valence-corrected chi connectivity index (χ2v) is 9.54. The molecule has 10 heteroatoms. The highest BCUT2D eigenvalue weighted by Gasteiger charge is 2.28. The van der Waals surface area contributed by atoms with Crippen molar-refractivity contribution in [1.29, 1.82) is 0 Å². The molecule has 1 aromatic carbocycles. The molecule has 1 aliphatic rings. The van der Waals surface area contributed by atoms with Gasteiger partial charge in [-0.1, -0.05) is 36.4 Å². The van der Waals surface area contributed by atoms with Crippen molar-refractivity contribution in [3.8, 4) is 11.3 Å². The summed E-state index contributed by atoms with van der Waals surface area (Å²) in [5, 5.41) is 2.67. The lowest BCUT2D eigenvalue weighted by Crippen LogP contribution is -2.44. The maximum atomic E-state index is 12.7. The molecule has 2 aromatic heterocycles. The third-order valence-corrected chi connectivity index (χ3v) is 6.60. The third kappa shape index (κ3) is 4.64. The van der Waals surface area contributed by atoms with Gasteiger partial charge in [-0.3, -0.25) is 9.59 Å². The van der Waals surface area contributed by atoms with E-state index in [0.29, 0.717) is 5.69 Å². The second-order valence-electron chi connectivity index (χ2n) is 7.23. The zero-order valence-corrected chi connectivity index (χ0v) is 17.7. The Morgan fingerprint density at radius 3 is 2.39 bits per heavy atom. The van der Waals surface area contributed by atoms with E-state index < -0.39 is 15.7 Å². The lowest BCUT2D eigenvalue weighted by atomic mass is 10.1. The highest BCUT2D eigenvalue weighted by Crippen LogP contribution is 2.18. The monoisotopic (exact) mass is 439 g/mol. The van der Waals surface area contributed by atoms with E-state index in [0.717, 1.165) is 5.56 Å². The lowest BCUT2D eigenvalue weighted by Gasteiger charge is -2.26. The SMILES string of the molecule is Cn1cc(NC(=O)c2cccc(-c3ccccc3)n2)nc1C(=O)N1CCS(=O)(=O)CC1. The van der Waals surface area contributed by atoms with Crippen molar-refractivity contribution in [2.24, 2.45) is 7.05 Å². The molecule has 1 saturated heterocycles. The Morgan fingerprint density at radius 1 is 0.968 bits per heavy atom. The van der Waals surface area contributed by atoms with E-state index >= 15 is 0 Å². The van der Waals surface area contributed by atoms with Crippen molar-refractivity contribution in [2.75, 3.05) is 29.9 Å². The van der Waals surface area contributed by atoms with Crippen LogP contribution in [-0.2, 0) is 16.9 Å². The maximum Gasteiger partial charge on any atom is 0.289 e. The van der Waals surface area contributed by atoms with Crippen molar-refractivity contribution in [1.82, 2.24) is 19.4 Å². The lowest BCUT2D eigenvalue weighted by molar-refractivity contribution is 0.0754. The van der Waals surface area contributed by atoms with E-state index in [1.54, 1.807) is 19.2 Å². The number of pyridine rings is 1. The first-order valence-electron chi connectivity index (χ1n) is 9.69. The molecule has 0 bridgehead atoms. The predicted octanol–water partition coefficient (Wildman–Crippen LogP) is 1.60. The molecule has 160 valence electrons. The Bertz CT molecular complexity index is 1220. The van der Waals surface area contributed by atoms with E-state index in [2.05, 4.69) is 15.3 Å². The summed E-state index contributed by atoms with van der Waals surface area (Å²) in [5.41, 5.74) is 1.79. The summed E-state index contributed by atoms with van der Waals surface area (Å²) < 4.78 is 24.7. The van der Waals surface area contributed by atoms with Gasteiger partial charge in [0.2, 0.25) is 5.82 Å². The molecule has 1 fully saturated rings. The number of benzene rings is 1. The molecule has 0 spiro atoms. The number of carbonyl (C=O) groups is 2. The van der Waals surface area contributed by atoms with Gasteiger partial charge >= 0.3 is 0 Å². The Balaban J connectivity index is 1.48. The molecule has 0 unspecified atom stereocenters. The number of aromatic nitrogens is 3. The van der Waals surface area contributed by atoms with Gasteiger partial charge in [0.25, 0.3) is 11.8 Å². The molecule has 0 aliphatic carbocycles. The van der Waals surface area contributed by atoms with E-state index in [1.165, 1.54) is 15.7 Å². The van der Waals surface area contributed by atoms with Crippen molar-refractivity contribution in [2.45, 2.75) is 0 Å². The smallest absolute Gasteiger partial charge is 0.289 e. The van der Waals surface area contributed by atoms with Crippen molar-refractivity contribution >= 4 is 27.5 Å². The van der Waals surface area contributed by atoms with Crippen molar-refractivity contribution < 1.29 is 18.0 Å². The van der Waals surface area contributed by atoms with E-state index in [4.69, 9.17) is 0 Å². The number of hydrogen-bond acceptors (Lipinski definition) is 6. The Morgan fingerprint density at radius 2 is 1.68 bits per heavy atom. The van der Waals surface area contributed by atoms with Gasteiger partial charge in [0.05, 0.1) is 17.2 Å². The number of nitrogens with one attached hydrogen (secondary N) is 1. The molecule has 0 atom stereocenters. The molecule has 1 aliphatic heterocycles. The largest absolute Gasteiger partial charge is 0.334 e. The Labute approximate surface area is 179 Å². The molecule has 31 heavy (non-hydrogen) atoms. The summed E-state index contributed by atoms with van der Waals surface area (Å²) in [4.78, 5) is 35.5. The first-order valence-corrected chi connectivity index (χ1v) is 11.5. The number of imidazole rings is 1. The summed E-state index contributed by atoms with van der Waals surface area (Å²) in [6.45, 7) is 0.262. The molecule has 2 amide bonds. The number of nitrogens with zero attached hydrogens (tertiary/aromatic N) is 4. The van der Waals surface area contributed by atoms with E-state index in [1.807, 2.05) is 36.4 Å². The van der Waals surface area contributed by atoms with Crippen LogP contribution in [0.4, 0.5) is 5.82 Å². The third-order valence-electron chi connectivity index (χ3n) is 4.99. The zero-order valence-electron chi connectivity index (χ0n) is 16.9. The fourth-order valence-corrected chi connectivity index (χ4v) is 4.49. The Hall–Kier alpha value is -3.53. The van der Waals surface area contributed by atoms with Gasteiger partial charge in [-0.2, -0.15) is 0 Å². The fraction of sp³-hybridized carbons (Fsp3) is 0.238. The van der Waals surface area contributed by atoms with Gasteiger partial charge in [-0.15, -0.1) is 0 Å². The predicted molar refractivity (Wildman–Crippen MR) is 115 cm³/mol. The van der Waals surface area contributed by atoms with Gasteiger partial charge < -0.3 is 14.8 Å². The van der Waals surface area contributed by atoms with Gasteiger partial charge in [0.1, 0.15) is 5.69 Å². The van der Waals surface area contributed by atoms with Crippen LogP contribution in [0.3, 0.4) is 0 Å². The average molecular weight is 439 g/mol. The van der Waals surface area contributed by atoms with Crippen LogP contribution in [0.25, 0.3) is 11.3 Å². The number of anilines is 1. The molecule has 3 aromatic rings. The number of aryl methyl sites for hydroxylation is 1. The van der Waals surface area contributed by atoms with Gasteiger partial charge in [-0.05, 0) is 12.1 Å². The minimum Gasteiger partial charge on any atom is -0.334 e. The van der Waals surface area contributed by atoms with Crippen LogP contribution in [0.15, 0.2) is 54.7 Å². The van der Waals surface area contributed by atoms with Crippen LogP contribution in [0.1, 0.15) is 21.1 Å². The number of rotatable bonds is 4. The summed E-state index contributed by atoms with van der Waals surface area (Å²) in [7, 11) is -1.45. The van der Waals surface area contributed by atoms with Crippen LogP contribution < -0.4 is 5.32 Å². The normalized spacial score (nSPS) is 15.5. The molecular formula is C21H21N5O4S. The standard InChI is InChI=1S/C21H21N5O4S/c1-25-14-18(23-19(25)21(28)26-10-12-31(29,30)13-11-26)24-20(27)17-9-5-8-16(22-17)15-6-3-2-4-7-15/h2-9,14H,10-13H2,1H3,(H,24,27).